The Kier molecular flexibility index (Phi) is 2.70. The molecule has 0 aliphatic carbocycles. The minimum Gasteiger partial charge on any atom is -0.490 e. The van der Waals surface area contributed by atoms with E-state index in [0.717, 1.165) is 23.5 Å². The lowest BCUT2D eigenvalue weighted by atomic mass is 9.98. The Morgan fingerprint density at radius 2 is 2.39 bits per heavy atom. The van der Waals surface area contributed by atoms with E-state index >= 15 is 0 Å². The SMILES string of the molecule is CCOC(=O)C1=CN2CCOc3cccc(c32)C1. The number of nitrogens with zero attached hydrogens (tertiary/aromatic N) is 1. The second-order valence-corrected chi connectivity index (χ2v) is 4.36. The van der Waals surface area contributed by atoms with Crippen LogP contribution in [-0.2, 0) is 16.0 Å². The van der Waals surface area contributed by atoms with E-state index in [9.17, 15) is 4.79 Å². The molecule has 4 nitrogen and oxygen atoms in total. The lowest BCUT2D eigenvalue weighted by Gasteiger charge is -2.34. The maximum atomic E-state index is 11.8. The van der Waals surface area contributed by atoms with Gasteiger partial charge in [-0.3, -0.25) is 0 Å². The third-order valence-corrected chi connectivity index (χ3v) is 3.19. The molecular weight excluding hydrogens is 230 g/mol. The van der Waals surface area contributed by atoms with Crippen LogP contribution < -0.4 is 9.64 Å². The molecule has 0 N–H and O–H groups in total. The molecule has 3 rings (SSSR count). The predicted octanol–water partition coefficient (Wildman–Crippen LogP) is 1.89. The van der Waals surface area contributed by atoms with Gasteiger partial charge >= 0.3 is 5.97 Å². The van der Waals surface area contributed by atoms with Crippen molar-refractivity contribution in [1.82, 2.24) is 0 Å². The van der Waals surface area contributed by atoms with E-state index in [1.54, 1.807) is 0 Å². The third kappa shape index (κ3) is 1.74. The number of ether oxygens (including phenoxy) is 2. The summed E-state index contributed by atoms with van der Waals surface area (Å²) in [6.45, 7) is 3.64. The summed E-state index contributed by atoms with van der Waals surface area (Å²) < 4.78 is 10.7. The fourth-order valence-electron chi connectivity index (χ4n) is 2.44. The second kappa shape index (κ2) is 4.37. The largest absolute Gasteiger partial charge is 0.490 e. The number of esters is 1. The van der Waals surface area contributed by atoms with Crippen molar-refractivity contribution in [2.45, 2.75) is 13.3 Å². The molecule has 18 heavy (non-hydrogen) atoms. The fourth-order valence-corrected chi connectivity index (χ4v) is 2.44. The fraction of sp³-hybridized carbons (Fsp3) is 0.357. The Morgan fingerprint density at radius 1 is 1.50 bits per heavy atom. The lowest BCUT2D eigenvalue weighted by Crippen LogP contribution is -2.33. The molecule has 2 aliphatic rings. The summed E-state index contributed by atoms with van der Waals surface area (Å²) in [6.07, 6.45) is 2.51. The van der Waals surface area contributed by atoms with Gasteiger partial charge in [0.1, 0.15) is 12.4 Å². The van der Waals surface area contributed by atoms with Crippen molar-refractivity contribution >= 4 is 11.7 Å². The van der Waals surface area contributed by atoms with Crippen molar-refractivity contribution in [1.29, 1.82) is 0 Å². The smallest absolute Gasteiger partial charge is 0.335 e. The summed E-state index contributed by atoms with van der Waals surface area (Å²) >= 11 is 0. The van der Waals surface area contributed by atoms with Gasteiger partial charge < -0.3 is 14.4 Å². The average molecular weight is 245 g/mol. The van der Waals surface area contributed by atoms with Crippen LogP contribution in [-0.4, -0.2) is 25.7 Å². The van der Waals surface area contributed by atoms with Crippen LogP contribution in [0.2, 0.25) is 0 Å². The van der Waals surface area contributed by atoms with Gasteiger partial charge in [-0.15, -0.1) is 0 Å². The highest BCUT2D eigenvalue weighted by molar-refractivity contribution is 5.91. The number of anilines is 1. The number of hydrogen-bond acceptors (Lipinski definition) is 4. The van der Waals surface area contributed by atoms with Crippen LogP contribution in [0, 0.1) is 0 Å². The molecule has 0 radical (unpaired) electrons. The Bertz CT molecular complexity index is 522. The van der Waals surface area contributed by atoms with Gasteiger partial charge in [-0.05, 0) is 18.6 Å². The maximum Gasteiger partial charge on any atom is 0.335 e. The average Bonchev–Trinajstić information content (AvgIpc) is 2.39. The van der Waals surface area contributed by atoms with Gasteiger partial charge in [-0.1, -0.05) is 12.1 Å². The summed E-state index contributed by atoms with van der Waals surface area (Å²) in [6, 6.07) is 5.96. The van der Waals surface area contributed by atoms with E-state index in [2.05, 4.69) is 4.90 Å². The Labute approximate surface area is 106 Å². The van der Waals surface area contributed by atoms with Crippen molar-refractivity contribution in [2.75, 3.05) is 24.7 Å². The summed E-state index contributed by atoms with van der Waals surface area (Å²) in [5.41, 5.74) is 2.93. The molecule has 1 aromatic carbocycles. The summed E-state index contributed by atoms with van der Waals surface area (Å²) in [4.78, 5) is 13.9. The molecule has 1 aromatic rings. The van der Waals surface area contributed by atoms with Crippen molar-refractivity contribution in [3.63, 3.8) is 0 Å². The van der Waals surface area contributed by atoms with Crippen LogP contribution in [0.15, 0.2) is 30.0 Å². The molecule has 2 aliphatic heterocycles. The molecule has 0 saturated heterocycles. The van der Waals surface area contributed by atoms with Gasteiger partial charge in [0.2, 0.25) is 0 Å². The van der Waals surface area contributed by atoms with E-state index in [4.69, 9.17) is 9.47 Å². The molecule has 0 amide bonds. The highest BCUT2D eigenvalue weighted by Gasteiger charge is 2.27. The number of hydrogen-bond donors (Lipinski definition) is 0. The van der Waals surface area contributed by atoms with Gasteiger partial charge in [0, 0.05) is 12.6 Å². The molecule has 94 valence electrons. The number of benzene rings is 1. The Hall–Kier alpha value is -1.97. The number of para-hydroxylation sites is 1. The normalized spacial score (nSPS) is 16.5. The standard InChI is InChI=1S/C14H15NO3/c1-2-17-14(16)11-8-10-4-3-5-12-13(10)15(9-11)6-7-18-12/h3-5,9H,2,6-8H2,1H3. The molecule has 0 unspecified atom stereocenters. The monoisotopic (exact) mass is 245 g/mol. The molecule has 0 bridgehead atoms. The molecule has 0 spiro atoms. The minimum atomic E-state index is -0.222. The van der Waals surface area contributed by atoms with E-state index in [-0.39, 0.29) is 5.97 Å². The van der Waals surface area contributed by atoms with Crippen LogP contribution in [0.1, 0.15) is 12.5 Å². The molecule has 4 heteroatoms. The van der Waals surface area contributed by atoms with E-state index < -0.39 is 0 Å². The molecule has 2 heterocycles. The minimum absolute atomic E-state index is 0.222. The number of carbonyl (C=O) groups is 1. The molecule has 0 saturated carbocycles. The van der Waals surface area contributed by atoms with E-state index in [1.165, 1.54) is 0 Å². The quantitative estimate of drug-likeness (QED) is 0.746. The van der Waals surface area contributed by atoms with Crippen LogP contribution in [0.3, 0.4) is 0 Å². The maximum absolute atomic E-state index is 11.8. The molecular formula is C14H15NO3. The summed E-state index contributed by atoms with van der Waals surface area (Å²) in [5.74, 6) is 0.679. The lowest BCUT2D eigenvalue weighted by molar-refractivity contribution is -0.138. The first-order valence-electron chi connectivity index (χ1n) is 6.18. The topological polar surface area (TPSA) is 38.8 Å². The van der Waals surface area contributed by atoms with E-state index in [1.807, 2.05) is 31.3 Å². The number of rotatable bonds is 2. The first-order chi connectivity index (χ1) is 8.79. The van der Waals surface area contributed by atoms with Gasteiger partial charge in [-0.2, -0.15) is 0 Å². The molecule has 0 aromatic heterocycles. The van der Waals surface area contributed by atoms with Gasteiger partial charge in [0.25, 0.3) is 0 Å². The first-order valence-corrected chi connectivity index (χ1v) is 6.18. The van der Waals surface area contributed by atoms with Gasteiger partial charge in [0.15, 0.2) is 0 Å². The van der Waals surface area contributed by atoms with E-state index in [0.29, 0.717) is 25.2 Å². The van der Waals surface area contributed by atoms with Crippen molar-refractivity contribution in [2.24, 2.45) is 0 Å². The van der Waals surface area contributed by atoms with Gasteiger partial charge in [-0.25, -0.2) is 4.79 Å². The van der Waals surface area contributed by atoms with Crippen LogP contribution in [0.25, 0.3) is 0 Å². The predicted molar refractivity (Wildman–Crippen MR) is 67.7 cm³/mol. The van der Waals surface area contributed by atoms with Crippen molar-refractivity contribution < 1.29 is 14.3 Å². The van der Waals surface area contributed by atoms with Gasteiger partial charge in [0.05, 0.1) is 24.4 Å². The summed E-state index contributed by atoms with van der Waals surface area (Å²) in [7, 11) is 0. The molecule has 0 atom stereocenters. The third-order valence-electron chi connectivity index (χ3n) is 3.19. The highest BCUT2D eigenvalue weighted by atomic mass is 16.5. The van der Waals surface area contributed by atoms with Crippen LogP contribution in [0.4, 0.5) is 5.69 Å². The zero-order valence-corrected chi connectivity index (χ0v) is 10.3. The zero-order chi connectivity index (χ0) is 12.5. The Balaban J connectivity index is 1.98. The zero-order valence-electron chi connectivity index (χ0n) is 10.3. The van der Waals surface area contributed by atoms with Crippen LogP contribution >= 0.6 is 0 Å². The highest BCUT2D eigenvalue weighted by Crippen LogP contribution is 2.39. The van der Waals surface area contributed by atoms with Crippen molar-refractivity contribution in [3.05, 3.63) is 35.5 Å². The summed E-state index contributed by atoms with van der Waals surface area (Å²) in [5, 5.41) is 0. The Morgan fingerprint density at radius 3 is 3.22 bits per heavy atom. The number of carbonyl (C=O) groups excluding carboxylic acids is 1. The second-order valence-electron chi connectivity index (χ2n) is 4.36. The van der Waals surface area contributed by atoms with Crippen LogP contribution in [0.5, 0.6) is 5.75 Å². The molecule has 0 fully saturated rings. The van der Waals surface area contributed by atoms with Crippen molar-refractivity contribution in [3.8, 4) is 5.75 Å². The first kappa shape index (κ1) is 11.1.